The molecule has 112 valence electrons. The second-order valence-corrected chi connectivity index (χ2v) is 5.08. The lowest BCUT2D eigenvalue weighted by Crippen LogP contribution is -2.39. The molecular weight excluding hydrogens is 280 g/mol. The van der Waals surface area contributed by atoms with Crippen LogP contribution in [0.25, 0.3) is 0 Å². The number of anilines is 2. The van der Waals surface area contributed by atoms with Gasteiger partial charge in [0.05, 0.1) is 6.04 Å². The Morgan fingerprint density at radius 2 is 1.86 bits per heavy atom. The Balaban J connectivity index is 1.58. The fraction of sp³-hybridized carbons (Fsp3) is 0.188. The van der Waals surface area contributed by atoms with Crippen molar-refractivity contribution in [2.24, 2.45) is 0 Å². The van der Waals surface area contributed by atoms with Gasteiger partial charge in [-0.1, -0.05) is 18.2 Å². The van der Waals surface area contributed by atoms with Crippen LogP contribution in [-0.4, -0.2) is 29.5 Å². The number of amides is 3. The predicted molar refractivity (Wildman–Crippen MR) is 83.6 cm³/mol. The Morgan fingerprint density at radius 3 is 2.59 bits per heavy atom. The van der Waals surface area contributed by atoms with Gasteiger partial charge in [0.1, 0.15) is 0 Å². The molecule has 1 aromatic heterocycles. The maximum absolute atomic E-state index is 12.1. The zero-order valence-corrected chi connectivity index (χ0v) is 11.9. The van der Waals surface area contributed by atoms with Crippen molar-refractivity contribution in [3.63, 3.8) is 0 Å². The van der Waals surface area contributed by atoms with Crippen molar-refractivity contribution in [1.82, 2.24) is 10.3 Å². The summed E-state index contributed by atoms with van der Waals surface area (Å²) in [7, 11) is 0. The van der Waals surface area contributed by atoms with Gasteiger partial charge in [-0.25, -0.2) is 4.79 Å². The minimum absolute atomic E-state index is 0.0143. The summed E-state index contributed by atoms with van der Waals surface area (Å²) in [4.78, 5) is 29.6. The molecule has 0 saturated carbocycles. The number of urea groups is 1. The molecule has 6 nitrogen and oxygen atoms in total. The van der Waals surface area contributed by atoms with E-state index in [-0.39, 0.29) is 18.0 Å². The number of para-hydroxylation sites is 1. The number of hydrogen-bond acceptors (Lipinski definition) is 3. The minimum Gasteiger partial charge on any atom is -0.333 e. The van der Waals surface area contributed by atoms with Crippen LogP contribution in [0.3, 0.4) is 0 Å². The van der Waals surface area contributed by atoms with Gasteiger partial charge in [0, 0.05) is 36.7 Å². The highest BCUT2D eigenvalue weighted by atomic mass is 16.2. The average Bonchev–Trinajstić information content (AvgIpc) is 2.89. The molecular formula is C16H16N4O2. The molecule has 2 N–H and O–H groups in total. The normalized spacial score (nSPS) is 17.4. The number of nitrogens with zero attached hydrogens (tertiary/aromatic N) is 2. The molecule has 1 atom stereocenters. The summed E-state index contributed by atoms with van der Waals surface area (Å²) in [6, 6.07) is 12.3. The molecule has 22 heavy (non-hydrogen) atoms. The fourth-order valence-electron chi connectivity index (χ4n) is 2.45. The number of nitrogens with one attached hydrogen (secondary N) is 2. The highest BCUT2D eigenvalue weighted by Crippen LogP contribution is 2.21. The topological polar surface area (TPSA) is 74.3 Å². The van der Waals surface area contributed by atoms with E-state index in [0.717, 1.165) is 5.69 Å². The Bertz CT molecular complexity index is 660. The summed E-state index contributed by atoms with van der Waals surface area (Å²) in [5.41, 5.74) is 1.52. The minimum atomic E-state index is -0.320. The van der Waals surface area contributed by atoms with E-state index in [1.165, 1.54) is 0 Å². The number of hydrogen-bond donors (Lipinski definition) is 2. The quantitative estimate of drug-likeness (QED) is 0.910. The highest BCUT2D eigenvalue weighted by Gasteiger charge is 2.31. The molecule has 1 aromatic carbocycles. The number of carbonyl (C=O) groups is 2. The molecule has 0 radical (unpaired) electrons. The van der Waals surface area contributed by atoms with Crippen LogP contribution in [0.1, 0.15) is 6.42 Å². The first-order valence-electron chi connectivity index (χ1n) is 7.05. The van der Waals surface area contributed by atoms with Gasteiger partial charge in [-0.05, 0) is 24.3 Å². The van der Waals surface area contributed by atoms with Crippen molar-refractivity contribution in [3.05, 3.63) is 54.9 Å². The third kappa shape index (κ3) is 3.22. The second-order valence-electron chi connectivity index (χ2n) is 5.08. The Morgan fingerprint density at radius 1 is 1.14 bits per heavy atom. The molecule has 3 amide bonds. The fourth-order valence-corrected chi connectivity index (χ4v) is 2.45. The van der Waals surface area contributed by atoms with Crippen LogP contribution in [0.15, 0.2) is 54.9 Å². The summed E-state index contributed by atoms with van der Waals surface area (Å²) in [5.74, 6) is 0.0143. The van der Waals surface area contributed by atoms with Gasteiger partial charge in [-0.2, -0.15) is 0 Å². The monoisotopic (exact) mass is 296 g/mol. The van der Waals surface area contributed by atoms with E-state index in [0.29, 0.717) is 18.7 Å². The number of carbonyl (C=O) groups excluding carboxylic acids is 2. The van der Waals surface area contributed by atoms with E-state index in [9.17, 15) is 9.59 Å². The Hall–Kier alpha value is -2.89. The largest absolute Gasteiger partial charge is 0.333 e. The van der Waals surface area contributed by atoms with Gasteiger partial charge in [0.15, 0.2) is 0 Å². The van der Waals surface area contributed by atoms with Gasteiger partial charge in [-0.15, -0.1) is 0 Å². The van der Waals surface area contributed by atoms with Crippen LogP contribution >= 0.6 is 0 Å². The first-order valence-corrected chi connectivity index (χ1v) is 7.05. The van der Waals surface area contributed by atoms with Crippen LogP contribution < -0.4 is 15.5 Å². The van der Waals surface area contributed by atoms with E-state index >= 15 is 0 Å². The first kappa shape index (κ1) is 14.1. The van der Waals surface area contributed by atoms with Crippen LogP contribution in [-0.2, 0) is 4.79 Å². The summed E-state index contributed by atoms with van der Waals surface area (Å²) < 4.78 is 0. The van der Waals surface area contributed by atoms with E-state index < -0.39 is 0 Å². The predicted octanol–water partition coefficient (Wildman–Crippen LogP) is 2.01. The van der Waals surface area contributed by atoms with Gasteiger partial charge in [-0.3, -0.25) is 9.78 Å². The molecule has 0 bridgehead atoms. The lowest BCUT2D eigenvalue weighted by atomic mass is 10.2. The SMILES string of the molecule is O=C(Nc1ccncc1)N[C@@H]1CC(=O)N(c2ccccc2)C1. The van der Waals surface area contributed by atoms with Crippen molar-refractivity contribution >= 4 is 23.3 Å². The van der Waals surface area contributed by atoms with E-state index in [1.807, 2.05) is 30.3 Å². The number of rotatable bonds is 3. The molecule has 2 aromatic rings. The zero-order valence-electron chi connectivity index (χ0n) is 11.9. The van der Waals surface area contributed by atoms with Crippen LogP contribution in [0.4, 0.5) is 16.2 Å². The van der Waals surface area contributed by atoms with E-state index in [4.69, 9.17) is 0 Å². The van der Waals surface area contributed by atoms with E-state index in [1.54, 1.807) is 29.4 Å². The van der Waals surface area contributed by atoms with Crippen molar-refractivity contribution in [3.8, 4) is 0 Å². The standard InChI is InChI=1S/C16H16N4O2/c21-15-10-13(11-20(15)14-4-2-1-3-5-14)19-16(22)18-12-6-8-17-9-7-12/h1-9,13H,10-11H2,(H2,17,18,19,22)/t13-/m1/s1. The molecule has 2 heterocycles. The van der Waals surface area contributed by atoms with Gasteiger partial charge in [0.25, 0.3) is 0 Å². The van der Waals surface area contributed by atoms with E-state index in [2.05, 4.69) is 15.6 Å². The number of aromatic nitrogens is 1. The van der Waals surface area contributed by atoms with Crippen molar-refractivity contribution in [2.75, 3.05) is 16.8 Å². The highest BCUT2D eigenvalue weighted by molar-refractivity contribution is 5.97. The molecule has 1 aliphatic rings. The molecule has 1 fully saturated rings. The summed E-state index contributed by atoms with van der Waals surface area (Å²) in [5, 5.41) is 5.54. The van der Waals surface area contributed by atoms with Crippen molar-refractivity contribution in [1.29, 1.82) is 0 Å². The summed E-state index contributed by atoms with van der Waals surface area (Å²) >= 11 is 0. The third-order valence-corrected chi connectivity index (χ3v) is 3.47. The Kier molecular flexibility index (Phi) is 4.00. The van der Waals surface area contributed by atoms with Crippen LogP contribution in [0, 0.1) is 0 Å². The molecule has 0 unspecified atom stereocenters. The lowest BCUT2D eigenvalue weighted by molar-refractivity contribution is -0.117. The molecule has 1 aliphatic heterocycles. The maximum atomic E-state index is 12.1. The van der Waals surface area contributed by atoms with Crippen molar-refractivity contribution in [2.45, 2.75) is 12.5 Å². The van der Waals surface area contributed by atoms with Crippen LogP contribution in [0.5, 0.6) is 0 Å². The molecule has 6 heteroatoms. The van der Waals surface area contributed by atoms with Gasteiger partial charge < -0.3 is 15.5 Å². The smallest absolute Gasteiger partial charge is 0.319 e. The lowest BCUT2D eigenvalue weighted by Gasteiger charge is -2.17. The van der Waals surface area contributed by atoms with Gasteiger partial charge in [0.2, 0.25) is 5.91 Å². The third-order valence-electron chi connectivity index (χ3n) is 3.47. The van der Waals surface area contributed by atoms with Gasteiger partial charge >= 0.3 is 6.03 Å². The number of pyridine rings is 1. The van der Waals surface area contributed by atoms with Crippen molar-refractivity contribution < 1.29 is 9.59 Å². The Labute approximate surface area is 128 Å². The zero-order chi connectivity index (χ0) is 15.4. The van der Waals surface area contributed by atoms with Crippen LogP contribution in [0.2, 0.25) is 0 Å². The first-order chi connectivity index (χ1) is 10.7. The summed E-state index contributed by atoms with van der Waals surface area (Å²) in [6.07, 6.45) is 3.51. The number of benzene rings is 1. The molecule has 0 spiro atoms. The summed E-state index contributed by atoms with van der Waals surface area (Å²) in [6.45, 7) is 0.479. The molecule has 1 saturated heterocycles. The molecule has 0 aliphatic carbocycles. The second kappa shape index (κ2) is 6.26. The maximum Gasteiger partial charge on any atom is 0.319 e. The average molecular weight is 296 g/mol. The molecule has 3 rings (SSSR count).